The molecule has 0 aromatic carbocycles. The molecule has 15 heavy (non-hydrogen) atoms. The zero-order valence-corrected chi connectivity index (χ0v) is 10.8. The summed E-state index contributed by atoms with van der Waals surface area (Å²) in [6.45, 7) is 11.0. The molecule has 2 fully saturated rings. The van der Waals surface area contributed by atoms with Crippen LogP contribution in [0.3, 0.4) is 0 Å². The van der Waals surface area contributed by atoms with Gasteiger partial charge in [0.15, 0.2) is 0 Å². The minimum absolute atomic E-state index is 0.509. The molecule has 0 spiro atoms. The van der Waals surface area contributed by atoms with Gasteiger partial charge in [-0.3, -0.25) is 4.90 Å². The van der Waals surface area contributed by atoms with Crippen LogP contribution in [0.2, 0.25) is 0 Å². The van der Waals surface area contributed by atoms with Crippen molar-refractivity contribution in [2.75, 3.05) is 26.7 Å². The van der Waals surface area contributed by atoms with Gasteiger partial charge >= 0.3 is 0 Å². The van der Waals surface area contributed by atoms with Crippen molar-refractivity contribution in [3.05, 3.63) is 0 Å². The molecule has 0 aromatic rings. The third-order valence-corrected chi connectivity index (χ3v) is 4.00. The van der Waals surface area contributed by atoms with Crippen LogP contribution in [-0.2, 0) is 0 Å². The fraction of sp³-hybridized carbons (Fsp3) is 1.00. The maximum atomic E-state index is 2.72. The Morgan fingerprint density at radius 1 is 1.13 bits per heavy atom. The first kappa shape index (κ1) is 11.4. The van der Waals surface area contributed by atoms with Gasteiger partial charge in [-0.05, 0) is 38.3 Å². The topological polar surface area (TPSA) is 6.48 Å². The van der Waals surface area contributed by atoms with E-state index in [-0.39, 0.29) is 0 Å². The maximum absolute atomic E-state index is 2.72. The van der Waals surface area contributed by atoms with Crippen LogP contribution in [-0.4, -0.2) is 48.6 Å². The lowest BCUT2D eigenvalue weighted by Gasteiger charge is -2.32. The summed E-state index contributed by atoms with van der Waals surface area (Å²) in [6, 6.07) is 1.74. The zero-order chi connectivity index (χ0) is 11.1. The van der Waals surface area contributed by atoms with E-state index in [4.69, 9.17) is 0 Å². The van der Waals surface area contributed by atoms with Crippen LogP contribution < -0.4 is 0 Å². The maximum Gasteiger partial charge on any atom is 0.0239 e. The van der Waals surface area contributed by atoms with Crippen LogP contribution in [0, 0.1) is 5.41 Å². The lowest BCUT2D eigenvalue weighted by atomic mass is 9.90. The highest BCUT2D eigenvalue weighted by Crippen LogP contribution is 2.30. The van der Waals surface area contributed by atoms with Crippen molar-refractivity contribution in [3.8, 4) is 0 Å². The van der Waals surface area contributed by atoms with E-state index in [9.17, 15) is 0 Å². The molecule has 0 radical (unpaired) electrons. The van der Waals surface area contributed by atoms with E-state index in [0.29, 0.717) is 5.41 Å². The molecule has 2 rings (SSSR count). The van der Waals surface area contributed by atoms with E-state index in [1.807, 2.05) is 0 Å². The van der Waals surface area contributed by atoms with E-state index >= 15 is 0 Å². The first-order valence-electron chi connectivity index (χ1n) is 6.40. The highest BCUT2D eigenvalue weighted by molar-refractivity contribution is 4.98. The van der Waals surface area contributed by atoms with Crippen molar-refractivity contribution in [2.24, 2.45) is 5.41 Å². The highest BCUT2D eigenvalue weighted by Gasteiger charge is 2.40. The molecular formula is C13H26N2. The van der Waals surface area contributed by atoms with Crippen molar-refractivity contribution in [2.45, 2.75) is 52.1 Å². The summed E-state index contributed by atoms with van der Waals surface area (Å²) < 4.78 is 0. The summed E-state index contributed by atoms with van der Waals surface area (Å²) in [5.74, 6) is 0. The Hall–Kier alpha value is -0.0800. The van der Waals surface area contributed by atoms with Crippen LogP contribution in [0.15, 0.2) is 0 Å². The monoisotopic (exact) mass is 210 g/mol. The zero-order valence-electron chi connectivity index (χ0n) is 10.8. The van der Waals surface area contributed by atoms with E-state index in [0.717, 1.165) is 12.1 Å². The molecule has 88 valence electrons. The average molecular weight is 210 g/mol. The summed E-state index contributed by atoms with van der Waals surface area (Å²) in [5.41, 5.74) is 0.509. The Balaban J connectivity index is 1.70. The third-order valence-electron chi connectivity index (χ3n) is 4.00. The normalized spacial score (nSPS) is 32.8. The van der Waals surface area contributed by atoms with Crippen molar-refractivity contribution < 1.29 is 0 Å². The number of likely N-dealkylation sites (N-methyl/N-ethyl adjacent to an activating group) is 1. The SMILES string of the molecule is CN1CC2C[C@H]1CN2CCCC(C)(C)C. The van der Waals surface area contributed by atoms with Gasteiger partial charge in [-0.1, -0.05) is 20.8 Å². The predicted octanol–water partition coefficient (Wildman–Crippen LogP) is 2.20. The number of hydrogen-bond donors (Lipinski definition) is 0. The van der Waals surface area contributed by atoms with E-state index in [1.165, 1.54) is 38.9 Å². The Morgan fingerprint density at radius 2 is 1.87 bits per heavy atom. The fourth-order valence-corrected chi connectivity index (χ4v) is 3.03. The number of hydrogen-bond acceptors (Lipinski definition) is 2. The van der Waals surface area contributed by atoms with Crippen LogP contribution in [0.1, 0.15) is 40.0 Å². The van der Waals surface area contributed by atoms with Crippen molar-refractivity contribution in [3.63, 3.8) is 0 Å². The van der Waals surface area contributed by atoms with Crippen LogP contribution in [0.5, 0.6) is 0 Å². The number of piperazine rings is 1. The van der Waals surface area contributed by atoms with Gasteiger partial charge < -0.3 is 4.90 Å². The molecule has 1 unspecified atom stereocenters. The molecule has 2 nitrogen and oxygen atoms in total. The van der Waals surface area contributed by atoms with Gasteiger partial charge in [0.1, 0.15) is 0 Å². The molecule has 2 bridgehead atoms. The molecule has 2 aliphatic rings. The molecule has 2 atom stereocenters. The molecule has 2 heteroatoms. The van der Waals surface area contributed by atoms with Gasteiger partial charge in [0.05, 0.1) is 0 Å². The number of nitrogens with zero attached hydrogens (tertiary/aromatic N) is 2. The largest absolute Gasteiger partial charge is 0.301 e. The Kier molecular flexibility index (Phi) is 3.09. The van der Waals surface area contributed by atoms with E-state index in [2.05, 4.69) is 37.6 Å². The smallest absolute Gasteiger partial charge is 0.0239 e. The molecule has 0 aliphatic carbocycles. The second-order valence-corrected chi connectivity index (χ2v) is 6.64. The van der Waals surface area contributed by atoms with Gasteiger partial charge in [-0.2, -0.15) is 0 Å². The molecular weight excluding hydrogens is 184 g/mol. The van der Waals surface area contributed by atoms with Crippen molar-refractivity contribution >= 4 is 0 Å². The number of likely N-dealkylation sites (tertiary alicyclic amines) is 2. The third kappa shape index (κ3) is 2.73. The standard InChI is InChI=1S/C13H26N2/c1-13(2,3)6-5-7-15-10-11-8-12(15)9-14(11)4/h11-12H,5-10H2,1-4H3/t11-,12?/m0/s1. The van der Waals surface area contributed by atoms with E-state index in [1.54, 1.807) is 0 Å². The number of fused-ring (bicyclic) bond motifs is 2. The summed E-state index contributed by atoms with van der Waals surface area (Å²) in [6.07, 6.45) is 4.15. The Labute approximate surface area is 94.6 Å². The van der Waals surface area contributed by atoms with E-state index < -0.39 is 0 Å². The first-order valence-corrected chi connectivity index (χ1v) is 6.40. The first-order chi connectivity index (χ1) is 6.96. The quantitative estimate of drug-likeness (QED) is 0.704. The molecule has 2 heterocycles. The summed E-state index contributed by atoms with van der Waals surface area (Å²) in [7, 11) is 2.27. The molecule has 2 saturated heterocycles. The molecule has 0 N–H and O–H groups in total. The molecule has 0 aromatic heterocycles. The molecule has 0 saturated carbocycles. The second kappa shape index (κ2) is 4.06. The minimum atomic E-state index is 0.509. The number of rotatable bonds is 3. The summed E-state index contributed by atoms with van der Waals surface area (Å²) in [5, 5.41) is 0. The predicted molar refractivity (Wildman–Crippen MR) is 65.1 cm³/mol. The van der Waals surface area contributed by atoms with Crippen LogP contribution >= 0.6 is 0 Å². The Bertz CT molecular complexity index is 217. The van der Waals surface area contributed by atoms with Gasteiger partial charge in [0.2, 0.25) is 0 Å². The molecule has 2 aliphatic heterocycles. The highest BCUT2D eigenvalue weighted by atomic mass is 15.3. The Morgan fingerprint density at radius 3 is 2.33 bits per heavy atom. The van der Waals surface area contributed by atoms with Gasteiger partial charge in [-0.15, -0.1) is 0 Å². The lowest BCUT2D eigenvalue weighted by molar-refractivity contribution is 0.143. The second-order valence-electron chi connectivity index (χ2n) is 6.64. The van der Waals surface area contributed by atoms with Gasteiger partial charge in [0.25, 0.3) is 0 Å². The van der Waals surface area contributed by atoms with Crippen LogP contribution in [0.25, 0.3) is 0 Å². The van der Waals surface area contributed by atoms with Crippen LogP contribution in [0.4, 0.5) is 0 Å². The van der Waals surface area contributed by atoms with Gasteiger partial charge in [-0.25, -0.2) is 0 Å². The summed E-state index contributed by atoms with van der Waals surface area (Å²) in [4.78, 5) is 5.25. The average Bonchev–Trinajstić information content (AvgIpc) is 2.60. The van der Waals surface area contributed by atoms with Crippen molar-refractivity contribution in [1.82, 2.24) is 9.80 Å². The minimum Gasteiger partial charge on any atom is -0.301 e. The fourth-order valence-electron chi connectivity index (χ4n) is 3.03. The lowest BCUT2D eigenvalue weighted by Crippen LogP contribution is -2.44. The summed E-state index contributed by atoms with van der Waals surface area (Å²) >= 11 is 0. The van der Waals surface area contributed by atoms with Gasteiger partial charge in [0, 0.05) is 25.2 Å². The molecule has 0 amide bonds. The van der Waals surface area contributed by atoms with Crippen molar-refractivity contribution in [1.29, 1.82) is 0 Å².